The highest BCUT2D eigenvalue weighted by molar-refractivity contribution is 9.10. The van der Waals surface area contributed by atoms with Crippen molar-refractivity contribution in [1.29, 1.82) is 0 Å². The van der Waals surface area contributed by atoms with Crippen molar-refractivity contribution in [3.63, 3.8) is 0 Å². The average Bonchev–Trinajstić information content (AvgIpc) is 2.35. The Morgan fingerprint density at radius 2 is 2.11 bits per heavy atom. The molecule has 2 atom stereocenters. The van der Waals surface area contributed by atoms with Gasteiger partial charge in [0.05, 0.1) is 12.7 Å². The second-order valence-corrected chi connectivity index (χ2v) is 5.04. The summed E-state index contributed by atoms with van der Waals surface area (Å²) in [6, 6.07) is 5.33. The van der Waals surface area contributed by atoms with Crippen molar-refractivity contribution in [3.05, 3.63) is 28.2 Å². The third-order valence-electron chi connectivity index (χ3n) is 2.62. The minimum Gasteiger partial charge on any atom is -0.478 e. The molecule has 1 unspecified atom stereocenters. The van der Waals surface area contributed by atoms with Crippen molar-refractivity contribution in [2.45, 2.75) is 39.4 Å². The summed E-state index contributed by atoms with van der Waals surface area (Å²) in [5.41, 5.74) is 0.644. The SMILES string of the molecule is CCOC(=O)C(CC)Oc1cc(Br)ccc1[C@H](C)O. The van der Waals surface area contributed by atoms with Gasteiger partial charge in [-0.2, -0.15) is 0 Å². The van der Waals surface area contributed by atoms with E-state index in [-0.39, 0.29) is 5.97 Å². The monoisotopic (exact) mass is 330 g/mol. The lowest BCUT2D eigenvalue weighted by Crippen LogP contribution is -2.29. The number of hydrogen-bond donors (Lipinski definition) is 1. The van der Waals surface area contributed by atoms with Crippen LogP contribution >= 0.6 is 15.9 Å². The molecule has 0 aliphatic heterocycles. The number of carbonyl (C=O) groups is 1. The standard InChI is InChI=1S/C14H19BrO4/c1-4-12(14(17)18-5-2)19-13-8-10(15)6-7-11(13)9(3)16/h6-9,12,16H,4-5H2,1-3H3/t9-,12?/m0/s1. The topological polar surface area (TPSA) is 55.8 Å². The molecule has 1 aromatic carbocycles. The Morgan fingerprint density at radius 3 is 2.63 bits per heavy atom. The van der Waals surface area contributed by atoms with Crippen LogP contribution in [0.3, 0.4) is 0 Å². The third-order valence-corrected chi connectivity index (χ3v) is 3.11. The fraction of sp³-hybridized carbons (Fsp3) is 0.500. The van der Waals surface area contributed by atoms with Gasteiger partial charge in [-0.3, -0.25) is 0 Å². The van der Waals surface area contributed by atoms with Gasteiger partial charge in [-0.05, 0) is 32.4 Å². The largest absolute Gasteiger partial charge is 0.478 e. The highest BCUT2D eigenvalue weighted by atomic mass is 79.9. The predicted molar refractivity (Wildman–Crippen MR) is 76.1 cm³/mol. The van der Waals surface area contributed by atoms with E-state index >= 15 is 0 Å². The van der Waals surface area contributed by atoms with E-state index in [9.17, 15) is 9.90 Å². The first-order valence-electron chi connectivity index (χ1n) is 6.30. The Kier molecular flexibility index (Phi) is 6.31. The van der Waals surface area contributed by atoms with Crippen molar-refractivity contribution in [2.75, 3.05) is 6.61 Å². The van der Waals surface area contributed by atoms with Gasteiger partial charge in [0.1, 0.15) is 5.75 Å². The van der Waals surface area contributed by atoms with E-state index in [0.29, 0.717) is 24.3 Å². The van der Waals surface area contributed by atoms with Crippen LogP contribution in [0.1, 0.15) is 38.9 Å². The molecule has 0 fully saturated rings. The Bertz CT molecular complexity index is 431. The predicted octanol–water partition coefficient (Wildman–Crippen LogP) is 3.22. The van der Waals surface area contributed by atoms with Gasteiger partial charge in [-0.25, -0.2) is 4.79 Å². The highest BCUT2D eigenvalue weighted by Crippen LogP contribution is 2.29. The van der Waals surface area contributed by atoms with Crippen LogP contribution in [0.15, 0.2) is 22.7 Å². The summed E-state index contributed by atoms with van der Waals surface area (Å²) in [7, 11) is 0. The number of ether oxygens (including phenoxy) is 2. The van der Waals surface area contributed by atoms with Crippen molar-refractivity contribution in [3.8, 4) is 5.75 Å². The molecule has 0 saturated carbocycles. The lowest BCUT2D eigenvalue weighted by atomic mass is 10.1. The number of benzene rings is 1. The van der Waals surface area contributed by atoms with E-state index in [1.165, 1.54) is 0 Å². The Hall–Kier alpha value is -1.07. The number of hydrogen-bond acceptors (Lipinski definition) is 4. The second-order valence-electron chi connectivity index (χ2n) is 4.12. The van der Waals surface area contributed by atoms with Crippen LogP contribution in [-0.2, 0) is 9.53 Å². The molecule has 0 amide bonds. The molecule has 0 saturated heterocycles. The van der Waals surface area contributed by atoms with E-state index < -0.39 is 12.2 Å². The smallest absolute Gasteiger partial charge is 0.347 e. The number of aliphatic hydroxyl groups excluding tert-OH is 1. The summed E-state index contributed by atoms with van der Waals surface area (Å²) in [5.74, 6) is 0.103. The second kappa shape index (κ2) is 7.50. The number of carbonyl (C=O) groups excluding carboxylic acids is 1. The molecule has 1 rings (SSSR count). The van der Waals surface area contributed by atoms with Gasteiger partial charge in [-0.15, -0.1) is 0 Å². The van der Waals surface area contributed by atoms with Crippen molar-refractivity contribution in [2.24, 2.45) is 0 Å². The lowest BCUT2D eigenvalue weighted by molar-refractivity contribution is -0.151. The molecule has 0 heterocycles. The van der Waals surface area contributed by atoms with Crippen molar-refractivity contribution >= 4 is 21.9 Å². The number of aliphatic hydroxyl groups is 1. The normalized spacial score (nSPS) is 13.7. The van der Waals surface area contributed by atoms with Crippen LogP contribution in [0.2, 0.25) is 0 Å². The minimum atomic E-state index is -0.664. The maximum atomic E-state index is 11.7. The van der Waals surface area contributed by atoms with E-state index in [1.54, 1.807) is 26.0 Å². The van der Waals surface area contributed by atoms with E-state index in [0.717, 1.165) is 4.47 Å². The first-order chi connectivity index (χ1) is 8.99. The molecule has 0 aliphatic rings. The van der Waals surface area contributed by atoms with Gasteiger partial charge in [-0.1, -0.05) is 28.9 Å². The molecule has 4 nitrogen and oxygen atoms in total. The van der Waals surface area contributed by atoms with E-state index in [4.69, 9.17) is 9.47 Å². The summed E-state index contributed by atoms with van der Waals surface area (Å²) in [5, 5.41) is 9.71. The highest BCUT2D eigenvalue weighted by Gasteiger charge is 2.21. The molecule has 0 bridgehead atoms. The maximum Gasteiger partial charge on any atom is 0.347 e. The fourth-order valence-corrected chi connectivity index (χ4v) is 1.98. The van der Waals surface area contributed by atoms with Gasteiger partial charge in [0.2, 0.25) is 0 Å². The summed E-state index contributed by atoms with van der Waals surface area (Å²) < 4.78 is 11.5. The van der Waals surface area contributed by atoms with E-state index in [1.807, 2.05) is 13.0 Å². The zero-order valence-corrected chi connectivity index (χ0v) is 12.9. The first-order valence-corrected chi connectivity index (χ1v) is 7.09. The molecule has 0 aromatic heterocycles. The van der Waals surface area contributed by atoms with Crippen LogP contribution in [0.5, 0.6) is 5.75 Å². The summed E-state index contributed by atoms with van der Waals surface area (Å²) >= 11 is 3.35. The van der Waals surface area contributed by atoms with Crippen molar-refractivity contribution < 1.29 is 19.4 Å². The first kappa shape index (κ1) is 16.0. The molecule has 0 spiro atoms. The lowest BCUT2D eigenvalue weighted by Gasteiger charge is -2.19. The Morgan fingerprint density at radius 1 is 1.42 bits per heavy atom. The molecule has 106 valence electrons. The molecule has 19 heavy (non-hydrogen) atoms. The number of esters is 1. The van der Waals surface area contributed by atoms with Crippen LogP contribution in [0.25, 0.3) is 0 Å². The fourth-order valence-electron chi connectivity index (χ4n) is 1.64. The third kappa shape index (κ3) is 4.51. The van der Waals surface area contributed by atoms with Crippen LogP contribution in [-0.4, -0.2) is 23.8 Å². The van der Waals surface area contributed by atoms with Crippen LogP contribution in [0, 0.1) is 0 Å². The molecular weight excluding hydrogens is 312 g/mol. The van der Waals surface area contributed by atoms with E-state index in [2.05, 4.69) is 15.9 Å². The molecular formula is C14H19BrO4. The summed E-state index contributed by atoms with van der Waals surface area (Å²) in [4.78, 5) is 11.7. The number of rotatable bonds is 6. The van der Waals surface area contributed by atoms with Crippen LogP contribution in [0.4, 0.5) is 0 Å². The molecule has 1 aromatic rings. The van der Waals surface area contributed by atoms with Gasteiger partial charge >= 0.3 is 5.97 Å². The molecule has 0 aliphatic carbocycles. The minimum absolute atomic E-state index is 0.320. The average molecular weight is 331 g/mol. The van der Waals surface area contributed by atoms with Gasteiger partial charge in [0.25, 0.3) is 0 Å². The quantitative estimate of drug-likeness (QED) is 0.813. The molecule has 0 radical (unpaired) electrons. The molecule has 5 heteroatoms. The van der Waals surface area contributed by atoms with Gasteiger partial charge < -0.3 is 14.6 Å². The Labute approximate surface area is 121 Å². The van der Waals surface area contributed by atoms with Crippen LogP contribution < -0.4 is 4.74 Å². The number of halogens is 1. The van der Waals surface area contributed by atoms with Gasteiger partial charge in [0, 0.05) is 10.0 Å². The molecule has 1 N–H and O–H groups in total. The van der Waals surface area contributed by atoms with Crippen molar-refractivity contribution in [1.82, 2.24) is 0 Å². The maximum absolute atomic E-state index is 11.7. The summed E-state index contributed by atoms with van der Waals surface area (Å²) in [6.45, 7) is 5.58. The zero-order chi connectivity index (χ0) is 14.4. The van der Waals surface area contributed by atoms with Gasteiger partial charge in [0.15, 0.2) is 6.10 Å². The summed E-state index contributed by atoms with van der Waals surface area (Å²) in [6.07, 6.45) is -0.820. The Balaban J connectivity index is 2.95. The zero-order valence-electron chi connectivity index (χ0n) is 11.4.